The van der Waals surface area contributed by atoms with Crippen LogP contribution >= 0.6 is 0 Å². The van der Waals surface area contributed by atoms with Crippen LogP contribution in [0, 0.1) is 0 Å². The van der Waals surface area contributed by atoms with Gasteiger partial charge in [-0.25, -0.2) is 0 Å². The molecule has 0 saturated carbocycles. The van der Waals surface area contributed by atoms with Crippen molar-refractivity contribution in [1.29, 1.82) is 0 Å². The molecule has 3 aromatic rings. The van der Waals surface area contributed by atoms with Gasteiger partial charge >= 0.3 is 0 Å². The molecule has 1 N–H and O–H groups in total. The Morgan fingerprint density at radius 2 is 1.70 bits per heavy atom. The number of hydrogen-bond acceptors (Lipinski definition) is 3. The van der Waals surface area contributed by atoms with Crippen LogP contribution in [-0.2, 0) is 11.2 Å². The van der Waals surface area contributed by atoms with E-state index >= 15 is 0 Å². The van der Waals surface area contributed by atoms with Crippen molar-refractivity contribution < 1.29 is 9.59 Å². The molecule has 1 aromatic heterocycles. The summed E-state index contributed by atoms with van der Waals surface area (Å²) < 4.78 is 1.82. The second-order valence-corrected chi connectivity index (χ2v) is 9.93. The first-order valence-electron chi connectivity index (χ1n) is 11.5. The Kier molecular flexibility index (Phi) is 6.11. The molecule has 0 saturated heterocycles. The molecule has 0 aliphatic carbocycles. The van der Waals surface area contributed by atoms with E-state index in [1.165, 1.54) is 0 Å². The van der Waals surface area contributed by atoms with Gasteiger partial charge in [-0.1, -0.05) is 54.6 Å². The first-order valence-corrected chi connectivity index (χ1v) is 11.5. The maximum Gasteiger partial charge on any atom is 0.275 e. The Morgan fingerprint density at radius 1 is 1.03 bits per heavy atom. The van der Waals surface area contributed by atoms with Gasteiger partial charge in [-0.05, 0) is 57.7 Å². The number of amides is 2. The second-order valence-electron chi connectivity index (χ2n) is 9.93. The van der Waals surface area contributed by atoms with Gasteiger partial charge in [0, 0.05) is 29.9 Å². The number of carbonyl (C=O) groups is 2. The highest BCUT2D eigenvalue weighted by atomic mass is 16.2. The van der Waals surface area contributed by atoms with Crippen LogP contribution in [0.5, 0.6) is 0 Å². The zero-order chi connectivity index (χ0) is 23.8. The van der Waals surface area contributed by atoms with Crippen LogP contribution in [0.25, 0.3) is 11.1 Å². The minimum absolute atomic E-state index is 0.120. The van der Waals surface area contributed by atoms with E-state index in [0.29, 0.717) is 18.7 Å². The number of rotatable bonds is 5. The molecule has 0 fully saturated rings. The third-order valence-electron chi connectivity index (χ3n) is 5.81. The molecule has 2 heterocycles. The number of hydrogen-bond donors (Lipinski definition) is 1. The minimum Gasteiger partial charge on any atom is -0.349 e. The molecule has 172 valence electrons. The van der Waals surface area contributed by atoms with Crippen LogP contribution in [0.2, 0.25) is 0 Å². The van der Waals surface area contributed by atoms with E-state index in [9.17, 15) is 9.59 Å². The van der Waals surface area contributed by atoms with Gasteiger partial charge in [0.1, 0.15) is 6.04 Å². The van der Waals surface area contributed by atoms with Crippen molar-refractivity contribution in [1.82, 2.24) is 20.0 Å². The summed E-state index contributed by atoms with van der Waals surface area (Å²) in [5, 5.41) is 7.75. The van der Waals surface area contributed by atoms with Crippen LogP contribution < -0.4 is 5.32 Å². The second kappa shape index (κ2) is 8.85. The molecule has 2 amide bonds. The van der Waals surface area contributed by atoms with E-state index in [-0.39, 0.29) is 17.9 Å². The molecule has 1 aliphatic heterocycles. The van der Waals surface area contributed by atoms with Gasteiger partial charge in [-0.15, -0.1) is 0 Å². The van der Waals surface area contributed by atoms with Gasteiger partial charge in [0.15, 0.2) is 5.69 Å². The molecular formula is C27H32N4O2. The molecule has 0 spiro atoms. The molecule has 4 rings (SSSR count). The van der Waals surface area contributed by atoms with Gasteiger partial charge in [-0.3, -0.25) is 14.3 Å². The molecule has 1 aliphatic rings. The number of nitrogens with zero attached hydrogens (tertiary/aromatic N) is 3. The Labute approximate surface area is 195 Å². The van der Waals surface area contributed by atoms with E-state index in [0.717, 1.165) is 22.3 Å². The van der Waals surface area contributed by atoms with Crippen molar-refractivity contribution >= 4 is 11.8 Å². The summed E-state index contributed by atoms with van der Waals surface area (Å²) in [4.78, 5) is 29.2. The normalized spacial score (nSPS) is 15.8. The van der Waals surface area contributed by atoms with E-state index in [2.05, 4.69) is 10.4 Å². The summed E-state index contributed by atoms with van der Waals surface area (Å²) in [6.07, 6.45) is 2.57. The summed E-state index contributed by atoms with van der Waals surface area (Å²) in [5.74, 6) is -0.399. The number of aromatic nitrogens is 2. The molecule has 1 atom stereocenters. The van der Waals surface area contributed by atoms with Crippen LogP contribution in [0.15, 0.2) is 60.8 Å². The standard InChI is InChI=1S/C27H32N4O2/c1-18(2)31-17-22-20-13-9-10-14-21(20)24(25(32)28-27(3,4)5)30(26(33)23(22)29-31)16-15-19-11-7-6-8-12-19/h6-14,17-18,24H,15-16H2,1-5H3,(H,28,32). The lowest BCUT2D eigenvalue weighted by atomic mass is 9.95. The topological polar surface area (TPSA) is 67.2 Å². The Bertz CT molecular complexity index is 1160. The van der Waals surface area contributed by atoms with Gasteiger partial charge in [-0.2, -0.15) is 5.10 Å². The van der Waals surface area contributed by atoms with Crippen LogP contribution in [-0.4, -0.2) is 38.6 Å². The van der Waals surface area contributed by atoms with Gasteiger partial charge in [0.05, 0.1) is 0 Å². The highest BCUT2D eigenvalue weighted by molar-refractivity contribution is 6.04. The summed E-state index contributed by atoms with van der Waals surface area (Å²) in [7, 11) is 0. The molecule has 0 bridgehead atoms. The fourth-order valence-corrected chi connectivity index (χ4v) is 4.26. The monoisotopic (exact) mass is 444 g/mol. The molecule has 2 aromatic carbocycles. The van der Waals surface area contributed by atoms with Crippen molar-refractivity contribution in [3.8, 4) is 11.1 Å². The Morgan fingerprint density at radius 3 is 2.36 bits per heavy atom. The number of fused-ring (bicyclic) bond motifs is 3. The quantitative estimate of drug-likeness (QED) is 0.616. The first kappa shape index (κ1) is 22.8. The lowest BCUT2D eigenvalue weighted by molar-refractivity contribution is -0.127. The number of nitrogens with one attached hydrogen (secondary N) is 1. The molecule has 1 unspecified atom stereocenters. The zero-order valence-electron chi connectivity index (χ0n) is 20.0. The fraction of sp³-hybridized carbons (Fsp3) is 0.370. The average molecular weight is 445 g/mol. The van der Waals surface area contributed by atoms with Crippen molar-refractivity contribution in [2.45, 2.75) is 58.7 Å². The van der Waals surface area contributed by atoms with Gasteiger partial charge < -0.3 is 10.2 Å². The highest BCUT2D eigenvalue weighted by Crippen LogP contribution is 2.39. The highest BCUT2D eigenvalue weighted by Gasteiger charge is 2.40. The minimum atomic E-state index is -0.738. The summed E-state index contributed by atoms with van der Waals surface area (Å²) >= 11 is 0. The molecule has 0 radical (unpaired) electrons. The van der Waals surface area contributed by atoms with E-state index in [1.54, 1.807) is 4.90 Å². The molecule has 6 heteroatoms. The maximum absolute atomic E-state index is 13.9. The average Bonchev–Trinajstić information content (AvgIpc) is 3.18. The third-order valence-corrected chi connectivity index (χ3v) is 5.81. The van der Waals surface area contributed by atoms with E-state index in [4.69, 9.17) is 0 Å². The van der Waals surface area contributed by atoms with Crippen molar-refractivity contribution in [3.05, 3.63) is 77.6 Å². The van der Waals surface area contributed by atoms with Gasteiger partial charge in [0.2, 0.25) is 5.91 Å². The maximum atomic E-state index is 13.9. The Hall–Kier alpha value is -3.41. The van der Waals surface area contributed by atoms with Gasteiger partial charge in [0.25, 0.3) is 5.91 Å². The lowest BCUT2D eigenvalue weighted by Gasteiger charge is -2.33. The molecular weight excluding hydrogens is 412 g/mol. The zero-order valence-corrected chi connectivity index (χ0v) is 20.0. The third kappa shape index (κ3) is 4.70. The molecule has 33 heavy (non-hydrogen) atoms. The van der Waals surface area contributed by atoms with Crippen LogP contribution in [0.3, 0.4) is 0 Å². The van der Waals surface area contributed by atoms with E-state index < -0.39 is 11.6 Å². The largest absolute Gasteiger partial charge is 0.349 e. The fourth-order valence-electron chi connectivity index (χ4n) is 4.26. The predicted molar refractivity (Wildman–Crippen MR) is 130 cm³/mol. The smallest absolute Gasteiger partial charge is 0.275 e. The summed E-state index contributed by atoms with van der Waals surface area (Å²) in [5.41, 5.74) is 3.57. The van der Waals surface area contributed by atoms with Crippen molar-refractivity contribution in [2.75, 3.05) is 6.54 Å². The SMILES string of the molecule is CC(C)n1cc2c(n1)C(=O)N(CCc1ccccc1)C(C(=O)NC(C)(C)C)c1ccccc1-2. The Balaban J connectivity index is 1.84. The van der Waals surface area contributed by atoms with E-state index in [1.807, 2.05) is 100 Å². The number of carbonyl (C=O) groups excluding carboxylic acids is 2. The first-order chi connectivity index (χ1) is 15.7. The van der Waals surface area contributed by atoms with Crippen molar-refractivity contribution in [3.63, 3.8) is 0 Å². The summed E-state index contributed by atoms with van der Waals surface area (Å²) in [6.45, 7) is 10.3. The lowest BCUT2D eigenvalue weighted by Crippen LogP contribution is -2.49. The van der Waals surface area contributed by atoms with Crippen LogP contribution in [0.4, 0.5) is 0 Å². The number of benzene rings is 2. The molecule has 6 nitrogen and oxygen atoms in total. The summed E-state index contributed by atoms with van der Waals surface area (Å²) in [6, 6.07) is 17.2. The van der Waals surface area contributed by atoms with Crippen LogP contribution in [0.1, 0.15) is 68.3 Å². The van der Waals surface area contributed by atoms with Crippen molar-refractivity contribution in [2.24, 2.45) is 0 Å². The predicted octanol–water partition coefficient (Wildman–Crippen LogP) is 4.79.